The van der Waals surface area contributed by atoms with Crippen molar-refractivity contribution in [2.75, 3.05) is 31.1 Å². The van der Waals surface area contributed by atoms with Crippen LogP contribution in [-0.4, -0.2) is 46.4 Å². The molecular formula is C23H25FN4O. The predicted molar refractivity (Wildman–Crippen MR) is 111 cm³/mol. The number of amides is 1. The molecule has 1 atom stereocenters. The first-order valence-corrected chi connectivity index (χ1v) is 10.3. The van der Waals surface area contributed by atoms with E-state index in [1.807, 2.05) is 17.0 Å². The number of halogens is 1. The molecular weight excluding hydrogens is 367 g/mol. The summed E-state index contributed by atoms with van der Waals surface area (Å²) in [7, 11) is 0. The van der Waals surface area contributed by atoms with E-state index in [0.717, 1.165) is 49.4 Å². The average molecular weight is 392 g/mol. The number of rotatable bonds is 2. The largest absolute Gasteiger partial charge is 0.368 e. The van der Waals surface area contributed by atoms with Crippen LogP contribution in [0, 0.1) is 18.7 Å². The molecule has 3 aromatic rings. The number of piperazine rings is 1. The number of aryl methyl sites for hydroxylation is 2. The van der Waals surface area contributed by atoms with Gasteiger partial charge in [-0.25, -0.2) is 9.37 Å². The third-order valence-electron chi connectivity index (χ3n) is 6.25. The zero-order chi connectivity index (χ0) is 20.0. The highest BCUT2D eigenvalue weighted by Gasteiger charge is 2.32. The maximum absolute atomic E-state index is 13.2. The Hall–Kier alpha value is -2.89. The Labute approximate surface area is 169 Å². The van der Waals surface area contributed by atoms with Gasteiger partial charge in [0.1, 0.15) is 11.5 Å². The van der Waals surface area contributed by atoms with Gasteiger partial charge in [-0.2, -0.15) is 0 Å². The van der Waals surface area contributed by atoms with Crippen molar-refractivity contribution in [1.29, 1.82) is 0 Å². The van der Waals surface area contributed by atoms with E-state index in [2.05, 4.69) is 34.6 Å². The minimum Gasteiger partial charge on any atom is -0.368 e. The number of pyridine rings is 1. The Morgan fingerprint density at radius 3 is 2.59 bits per heavy atom. The Morgan fingerprint density at radius 2 is 1.83 bits per heavy atom. The number of benzene rings is 1. The number of anilines is 1. The summed E-state index contributed by atoms with van der Waals surface area (Å²) in [5, 5.41) is 0. The van der Waals surface area contributed by atoms with Crippen molar-refractivity contribution in [3.05, 3.63) is 65.4 Å². The Morgan fingerprint density at radius 1 is 1.07 bits per heavy atom. The number of aromatic nitrogens is 2. The first-order valence-electron chi connectivity index (χ1n) is 10.3. The van der Waals surface area contributed by atoms with E-state index in [-0.39, 0.29) is 17.6 Å². The number of carbonyl (C=O) groups is 1. The van der Waals surface area contributed by atoms with Gasteiger partial charge in [-0.1, -0.05) is 6.07 Å². The van der Waals surface area contributed by atoms with Gasteiger partial charge < -0.3 is 14.2 Å². The molecule has 0 bridgehead atoms. The molecule has 0 N–H and O–H groups in total. The second-order valence-electron chi connectivity index (χ2n) is 8.17. The van der Waals surface area contributed by atoms with E-state index in [1.54, 1.807) is 0 Å². The lowest BCUT2D eigenvalue weighted by Crippen LogP contribution is -2.51. The van der Waals surface area contributed by atoms with E-state index < -0.39 is 0 Å². The van der Waals surface area contributed by atoms with E-state index in [0.29, 0.717) is 13.1 Å². The summed E-state index contributed by atoms with van der Waals surface area (Å²) >= 11 is 0. The maximum atomic E-state index is 13.2. The second kappa shape index (κ2) is 7.17. The van der Waals surface area contributed by atoms with Crippen LogP contribution in [0.15, 0.2) is 42.6 Å². The van der Waals surface area contributed by atoms with E-state index in [1.165, 1.54) is 23.4 Å². The van der Waals surface area contributed by atoms with Gasteiger partial charge in [0, 0.05) is 56.1 Å². The highest BCUT2D eigenvalue weighted by atomic mass is 19.1. The molecule has 29 heavy (non-hydrogen) atoms. The summed E-state index contributed by atoms with van der Waals surface area (Å²) in [4.78, 5) is 22.2. The van der Waals surface area contributed by atoms with E-state index in [4.69, 9.17) is 4.98 Å². The average Bonchev–Trinajstić information content (AvgIpc) is 3.11. The first kappa shape index (κ1) is 18.2. The normalized spacial score (nSPS) is 19.4. The molecule has 1 aliphatic carbocycles. The van der Waals surface area contributed by atoms with Crippen molar-refractivity contribution in [3.63, 3.8) is 0 Å². The summed E-state index contributed by atoms with van der Waals surface area (Å²) in [6, 6.07) is 10.7. The molecule has 6 heteroatoms. The van der Waals surface area contributed by atoms with Crippen LogP contribution >= 0.6 is 0 Å². The number of nitrogens with zero attached hydrogens (tertiary/aromatic N) is 4. The van der Waals surface area contributed by atoms with Crippen LogP contribution in [0.1, 0.15) is 23.4 Å². The minimum atomic E-state index is -0.221. The molecule has 1 amide bonds. The number of hydrogen-bond acceptors (Lipinski definition) is 3. The van der Waals surface area contributed by atoms with Crippen molar-refractivity contribution in [3.8, 4) is 0 Å². The lowest BCUT2D eigenvalue weighted by molar-refractivity contribution is -0.136. The SMILES string of the molecule is Cc1ccc2nc3c(n2c1)CC(C(=O)N1CCN(c2ccc(F)cc2)CC1)CC3. The summed E-state index contributed by atoms with van der Waals surface area (Å²) < 4.78 is 15.3. The Kier molecular flexibility index (Phi) is 4.49. The fraction of sp³-hybridized carbons (Fsp3) is 0.391. The standard InChI is InChI=1S/C23H25FN4O/c1-16-2-9-22-25-20-8-3-17(14-21(20)28(22)15-16)23(29)27-12-10-26(11-13-27)19-6-4-18(24)5-7-19/h2,4-7,9,15,17H,3,8,10-14H2,1H3. The smallest absolute Gasteiger partial charge is 0.226 e. The molecule has 2 aliphatic rings. The zero-order valence-corrected chi connectivity index (χ0v) is 16.6. The van der Waals surface area contributed by atoms with Crippen molar-refractivity contribution in [1.82, 2.24) is 14.3 Å². The molecule has 0 radical (unpaired) electrons. The third-order valence-corrected chi connectivity index (χ3v) is 6.25. The first-order chi connectivity index (χ1) is 14.1. The highest BCUT2D eigenvalue weighted by Crippen LogP contribution is 2.28. The molecule has 5 rings (SSSR count). The van der Waals surface area contributed by atoms with Crippen molar-refractivity contribution in [2.45, 2.75) is 26.2 Å². The monoisotopic (exact) mass is 392 g/mol. The summed E-state index contributed by atoms with van der Waals surface area (Å²) in [5.41, 5.74) is 5.52. The van der Waals surface area contributed by atoms with E-state index in [9.17, 15) is 9.18 Å². The predicted octanol–water partition coefficient (Wildman–Crippen LogP) is 3.24. The van der Waals surface area contributed by atoms with Crippen molar-refractivity contribution >= 4 is 17.2 Å². The molecule has 1 saturated heterocycles. The molecule has 0 saturated carbocycles. The van der Waals surface area contributed by atoms with Gasteiger partial charge in [0.05, 0.1) is 5.69 Å². The van der Waals surface area contributed by atoms with Crippen LogP contribution < -0.4 is 4.90 Å². The number of imidazole rings is 1. The summed E-state index contributed by atoms with van der Waals surface area (Å²) in [6.45, 7) is 5.07. The zero-order valence-electron chi connectivity index (χ0n) is 16.6. The lowest BCUT2D eigenvalue weighted by Gasteiger charge is -2.38. The van der Waals surface area contributed by atoms with Gasteiger partial charge >= 0.3 is 0 Å². The molecule has 0 spiro atoms. The lowest BCUT2D eigenvalue weighted by atomic mass is 9.88. The summed E-state index contributed by atoms with van der Waals surface area (Å²) in [6.07, 6.45) is 4.61. The van der Waals surface area contributed by atoms with Gasteiger partial charge in [0.2, 0.25) is 5.91 Å². The molecule has 1 aromatic carbocycles. The fourth-order valence-corrected chi connectivity index (χ4v) is 4.62. The Bertz CT molecular complexity index is 1050. The third kappa shape index (κ3) is 3.37. The molecule has 150 valence electrons. The van der Waals surface area contributed by atoms with Crippen LogP contribution in [0.2, 0.25) is 0 Å². The number of fused-ring (bicyclic) bond motifs is 3. The molecule has 1 unspecified atom stereocenters. The van der Waals surface area contributed by atoms with Crippen LogP contribution in [0.5, 0.6) is 0 Å². The van der Waals surface area contributed by atoms with Crippen LogP contribution in [0.4, 0.5) is 10.1 Å². The minimum absolute atomic E-state index is 0.0280. The van der Waals surface area contributed by atoms with Gasteiger partial charge in [-0.15, -0.1) is 0 Å². The van der Waals surface area contributed by atoms with Gasteiger partial charge in [0.25, 0.3) is 0 Å². The van der Waals surface area contributed by atoms with Crippen molar-refractivity contribution < 1.29 is 9.18 Å². The molecule has 1 fully saturated rings. The quantitative estimate of drug-likeness (QED) is 0.672. The van der Waals surface area contributed by atoms with Gasteiger partial charge in [-0.05, 0) is 55.7 Å². The molecule has 3 heterocycles. The van der Waals surface area contributed by atoms with Crippen molar-refractivity contribution in [2.24, 2.45) is 5.92 Å². The number of hydrogen-bond donors (Lipinski definition) is 0. The van der Waals surface area contributed by atoms with Crippen LogP contribution in [0.3, 0.4) is 0 Å². The maximum Gasteiger partial charge on any atom is 0.226 e. The number of carbonyl (C=O) groups excluding carboxylic acids is 1. The van der Waals surface area contributed by atoms with Gasteiger partial charge in [-0.3, -0.25) is 4.79 Å². The fourth-order valence-electron chi connectivity index (χ4n) is 4.62. The molecule has 2 aromatic heterocycles. The molecule has 5 nitrogen and oxygen atoms in total. The van der Waals surface area contributed by atoms with Crippen LogP contribution in [-0.2, 0) is 17.6 Å². The topological polar surface area (TPSA) is 40.9 Å². The highest BCUT2D eigenvalue weighted by molar-refractivity contribution is 5.80. The Balaban J connectivity index is 1.27. The second-order valence-corrected chi connectivity index (χ2v) is 8.17. The van der Waals surface area contributed by atoms with Crippen LogP contribution in [0.25, 0.3) is 5.65 Å². The summed E-state index contributed by atoms with van der Waals surface area (Å²) in [5.74, 6) is 0.0686. The molecule has 1 aliphatic heterocycles. The van der Waals surface area contributed by atoms with Gasteiger partial charge in [0.15, 0.2) is 0 Å². The van der Waals surface area contributed by atoms with E-state index >= 15 is 0 Å².